The van der Waals surface area contributed by atoms with Crippen LogP contribution in [0.15, 0.2) is 18.6 Å². The van der Waals surface area contributed by atoms with Crippen LogP contribution in [0.5, 0.6) is 0 Å². The average Bonchev–Trinajstić information content (AvgIpc) is 2.83. The molecule has 0 amide bonds. The SMILES string of the molecule is Nc1cc2c(cn1)ncn2C1CCNC1. The fourth-order valence-corrected chi connectivity index (χ4v) is 2.11. The Hall–Kier alpha value is -1.62. The van der Waals surface area contributed by atoms with Gasteiger partial charge in [-0.05, 0) is 13.0 Å². The molecule has 0 spiro atoms. The molecule has 0 bridgehead atoms. The van der Waals surface area contributed by atoms with Gasteiger partial charge in [0.2, 0.25) is 0 Å². The summed E-state index contributed by atoms with van der Waals surface area (Å²) < 4.78 is 2.19. The third-order valence-corrected chi connectivity index (χ3v) is 2.91. The zero-order valence-corrected chi connectivity index (χ0v) is 8.35. The van der Waals surface area contributed by atoms with Gasteiger partial charge in [-0.3, -0.25) is 0 Å². The lowest BCUT2D eigenvalue weighted by Crippen LogP contribution is -2.12. The smallest absolute Gasteiger partial charge is 0.125 e. The van der Waals surface area contributed by atoms with E-state index in [2.05, 4.69) is 19.9 Å². The molecule has 0 radical (unpaired) electrons. The molecule has 5 heteroatoms. The highest BCUT2D eigenvalue weighted by atomic mass is 15.1. The zero-order valence-electron chi connectivity index (χ0n) is 8.35. The van der Waals surface area contributed by atoms with Gasteiger partial charge in [0.05, 0.1) is 18.0 Å². The van der Waals surface area contributed by atoms with E-state index in [1.54, 1.807) is 6.20 Å². The minimum absolute atomic E-state index is 0.497. The second-order valence-corrected chi connectivity index (χ2v) is 3.90. The molecule has 0 aromatic carbocycles. The van der Waals surface area contributed by atoms with Crippen LogP contribution in [-0.2, 0) is 0 Å². The summed E-state index contributed by atoms with van der Waals surface area (Å²) in [6, 6.07) is 2.39. The number of aromatic nitrogens is 3. The highest BCUT2D eigenvalue weighted by Gasteiger charge is 2.18. The van der Waals surface area contributed by atoms with Crippen LogP contribution in [0, 0.1) is 0 Å². The quantitative estimate of drug-likeness (QED) is 0.710. The Morgan fingerprint density at radius 2 is 2.40 bits per heavy atom. The predicted octanol–water partition coefficient (Wildman–Crippen LogP) is 0.548. The maximum atomic E-state index is 5.68. The molecular formula is C10H13N5. The minimum Gasteiger partial charge on any atom is -0.384 e. The van der Waals surface area contributed by atoms with Crippen molar-refractivity contribution >= 4 is 16.9 Å². The molecule has 0 aliphatic carbocycles. The molecule has 1 unspecified atom stereocenters. The van der Waals surface area contributed by atoms with Crippen molar-refractivity contribution in [3.05, 3.63) is 18.6 Å². The van der Waals surface area contributed by atoms with Crippen molar-refractivity contribution in [1.29, 1.82) is 0 Å². The zero-order chi connectivity index (χ0) is 10.3. The molecule has 1 saturated heterocycles. The average molecular weight is 203 g/mol. The highest BCUT2D eigenvalue weighted by molar-refractivity contribution is 5.76. The first-order chi connectivity index (χ1) is 7.34. The van der Waals surface area contributed by atoms with Crippen molar-refractivity contribution in [3.8, 4) is 0 Å². The van der Waals surface area contributed by atoms with E-state index >= 15 is 0 Å². The van der Waals surface area contributed by atoms with Crippen LogP contribution in [0.3, 0.4) is 0 Å². The second-order valence-electron chi connectivity index (χ2n) is 3.90. The molecule has 3 N–H and O–H groups in total. The first kappa shape index (κ1) is 8.67. The second kappa shape index (κ2) is 3.20. The summed E-state index contributed by atoms with van der Waals surface area (Å²) in [5, 5.41) is 3.34. The maximum absolute atomic E-state index is 5.68. The number of fused-ring (bicyclic) bond motifs is 1. The molecule has 3 heterocycles. The number of nitrogens with one attached hydrogen (secondary N) is 1. The van der Waals surface area contributed by atoms with Crippen molar-refractivity contribution in [3.63, 3.8) is 0 Å². The van der Waals surface area contributed by atoms with Crippen LogP contribution >= 0.6 is 0 Å². The molecule has 0 saturated carbocycles. The predicted molar refractivity (Wildman–Crippen MR) is 58.5 cm³/mol. The molecule has 1 atom stereocenters. The van der Waals surface area contributed by atoms with E-state index < -0.39 is 0 Å². The molecule has 1 aliphatic heterocycles. The molecule has 2 aromatic rings. The molecule has 3 rings (SSSR count). The number of rotatable bonds is 1. The summed E-state index contributed by atoms with van der Waals surface area (Å²) in [7, 11) is 0. The Balaban J connectivity index is 2.13. The molecule has 1 aliphatic rings. The first-order valence-corrected chi connectivity index (χ1v) is 5.13. The Kier molecular flexibility index (Phi) is 1.85. The van der Waals surface area contributed by atoms with E-state index in [9.17, 15) is 0 Å². The summed E-state index contributed by atoms with van der Waals surface area (Å²) in [6.07, 6.45) is 4.75. The normalized spacial score (nSPS) is 21.2. The number of anilines is 1. The van der Waals surface area contributed by atoms with Gasteiger partial charge in [0.25, 0.3) is 0 Å². The van der Waals surface area contributed by atoms with Crippen LogP contribution in [0.2, 0.25) is 0 Å². The first-order valence-electron chi connectivity index (χ1n) is 5.13. The van der Waals surface area contributed by atoms with Crippen LogP contribution in [0.4, 0.5) is 5.82 Å². The van der Waals surface area contributed by atoms with Gasteiger partial charge >= 0.3 is 0 Å². The standard InChI is InChI=1S/C10H13N5/c11-10-3-9-8(5-13-10)14-6-15(9)7-1-2-12-4-7/h3,5-7,12H,1-2,4H2,(H2,11,13). The lowest BCUT2D eigenvalue weighted by atomic mass is 10.2. The van der Waals surface area contributed by atoms with Gasteiger partial charge in [0.1, 0.15) is 11.3 Å². The largest absolute Gasteiger partial charge is 0.384 e. The van der Waals surface area contributed by atoms with Crippen LogP contribution < -0.4 is 11.1 Å². The Morgan fingerprint density at radius 1 is 1.47 bits per heavy atom. The number of nitrogens with two attached hydrogens (primary N) is 1. The van der Waals surface area contributed by atoms with Crippen molar-refractivity contribution in [2.75, 3.05) is 18.8 Å². The van der Waals surface area contributed by atoms with Gasteiger partial charge < -0.3 is 15.6 Å². The van der Waals surface area contributed by atoms with E-state index in [-0.39, 0.29) is 0 Å². The lowest BCUT2D eigenvalue weighted by molar-refractivity contribution is 0.561. The summed E-state index contributed by atoms with van der Waals surface area (Å²) in [5.74, 6) is 0.551. The van der Waals surface area contributed by atoms with Crippen molar-refractivity contribution in [2.45, 2.75) is 12.5 Å². The number of nitrogen functional groups attached to an aromatic ring is 1. The third-order valence-electron chi connectivity index (χ3n) is 2.91. The monoisotopic (exact) mass is 203 g/mol. The number of hydrogen-bond donors (Lipinski definition) is 2. The summed E-state index contributed by atoms with van der Waals surface area (Å²) in [6.45, 7) is 2.08. The number of imidazole rings is 1. The van der Waals surface area contributed by atoms with E-state index in [1.807, 2.05) is 12.4 Å². The molecule has 15 heavy (non-hydrogen) atoms. The van der Waals surface area contributed by atoms with Gasteiger partial charge in [-0.1, -0.05) is 0 Å². The van der Waals surface area contributed by atoms with Crippen LogP contribution in [0.25, 0.3) is 11.0 Å². The lowest BCUT2D eigenvalue weighted by Gasteiger charge is -2.11. The Bertz CT molecular complexity index is 484. The number of hydrogen-bond acceptors (Lipinski definition) is 4. The van der Waals surface area contributed by atoms with E-state index in [4.69, 9.17) is 5.73 Å². The summed E-state index contributed by atoms with van der Waals surface area (Å²) >= 11 is 0. The Morgan fingerprint density at radius 3 is 3.20 bits per heavy atom. The summed E-state index contributed by atoms with van der Waals surface area (Å²) in [5.41, 5.74) is 7.68. The number of pyridine rings is 1. The van der Waals surface area contributed by atoms with Crippen LogP contribution in [-0.4, -0.2) is 27.6 Å². The summed E-state index contributed by atoms with van der Waals surface area (Å²) in [4.78, 5) is 8.36. The molecular weight excluding hydrogens is 190 g/mol. The van der Waals surface area contributed by atoms with Crippen molar-refractivity contribution < 1.29 is 0 Å². The van der Waals surface area contributed by atoms with Gasteiger partial charge in [-0.25, -0.2) is 9.97 Å². The topological polar surface area (TPSA) is 68.8 Å². The van der Waals surface area contributed by atoms with Crippen molar-refractivity contribution in [2.24, 2.45) is 0 Å². The van der Waals surface area contributed by atoms with E-state index in [0.717, 1.165) is 30.5 Å². The highest BCUT2D eigenvalue weighted by Crippen LogP contribution is 2.22. The fourth-order valence-electron chi connectivity index (χ4n) is 2.11. The maximum Gasteiger partial charge on any atom is 0.125 e. The fraction of sp³-hybridized carbons (Fsp3) is 0.400. The van der Waals surface area contributed by atoms with E-state index in [0.29, 0.717) is 11.9 Å². The Labute approximate surface area is 87.3 Å². The van der Waals surface area contributed by atoms with Gasteiger partial charge in [-0.2, -0.15) is 0 Å². The molecule has 5 nitrogen and oxygen atoms in total. The molecule has 78 valence electrons. The third kappa shape index (κ3) is 1.35. The number of nitrogens with zero attached hydrogens (tertiary/aromatic N) is 3. The van der Waals surface area contributed by atoms with Crippen molar-refractivity contribution in [1.82, 2.24) is 19.9 Å². The molecule has 1 fully saturated rings. The minimum atomic E-state index is 0.497. The molecule has 2 aromatic heterocycles. The van der Waals surface area contributed by atoms with Gasteiger partial charge in [-0.15, -0.1) is 0 Å². The van der Waals surface area contributed by atoms with Gasteiger partial charge in [0, 0.05) is 18.7 Å². The van der Waals surface area contributed by atoms with E-state index in [1.165, 1.54) is 0 Å². The van der Waals surface area contributed by atoms with Gasteiger partial charge in [0.15, 0.2) is 0 Å². The van der Waals surface area contributed by atoms with Crippen LogP contribution in [0.1, 0.15) is 12.5 Å².